The number of amides is 2. The average molecular weight is 413 g/mol. The van der Waals surface area contributed by atoms with E-state index in [0.29, 0.717) is 16.2 Å². The number of nitrogens with one attached hydrogen (secondary N) is 1. The first-order valence-corrected chi connectivity index (χ1v) is 9.46. The number of anilines is 1. The molecule has 0 aromatic heterocycles. The number of nitrogens with zero attached hydrogens (tertiary/aromatic N) is 2. The van der Waals surface area contributed by atoms with Gasteiger partial charge in [-0.3, -0.25) is 24.6 Å². The van der Waals surface area contributed by atoms with Crippen LogP contribution in [0.25, 0.3) is 6.08 Å². The second kappa shape index (κ2) is 8.32. The maximum atomic E-state index is 12.8. The molecule has 1 N–H and O–H groups in total. The number of non-ortho nitro benzene ring substituents is 1. The topological polar surface area (TPSA) is 92.6 Å². The number of carbonyl (C=O) groups is 2. The maximum absolute atomic E-state index is 12.8. The molecule has 1 aliphatic heterocycles. The fourth-order valence-corrected chi connectivity index (χ4v) is 3.96. The van der Waals surface area contributed by atoms with Crippen molar-refractivity contribution < 1.29 is 14.5 Å². The van der Waals surface area contributed by atoms with Gasteiger partial charge in [-0.1, -0.05) is 42.2 Å². The van der Waals surface area contributed by atoms with E-state index in [0.717, 1.165) is 11.8 Å². The van der Waals surface area contributed by atoms with Crippen LogP contribution in [0.15, 0.2) is 59.5 Å². The van der Waals surface area contributed by atoms with Gasteiger partial charge in [0, 0.05) is 17.8 Å². The number of thiocarbonyl (C=S) groups is 1. The van der Waals surface area contributed by atoms with Crippen molar-refractivity contribution in [3.05, 3.63) is 75.2 Å². The molecule has 1 fully saturated rings. The zero-order valence-corrected chi connectivity index (χ0v) is 16.3. The van der Waals surface area contributed by atoms with E-state index in [4.69, 9.17) is 12.2 Å². The quantitative estimate of drug-likeness (QED) is 0.347. The average Bonchev–Trinajstić information content (AvgIpc) is 2.95. The van der Waals surface area contributed by atoms with Crippen LogP contribution < -0.4 is 5.32 Å². The van der Waals surface area contributed by atoms with Gasteiger partial charge < -0.3 is 5.32 Å². The molecule has 1 unspecified atom stereocenters. The van der Waals surface area contributed by atoms with Crippen LogP contribution in [-0.4, -0.2) is 32.0 Å². The lowest BCUT2D eigenvalue weighted by molar-refractivity contribution is -0.384. The van der Waals surface area contributed by atoms with Gasteiger partial charge in [-0.25, -0.2) is 0 Å². The summed E-state index contributed by atoms with van der Waals surface area (Å²) in [7, 11) is 0. The summed E-state index contributed by atoms with van der Waals surface area (Å²) in [5.41, 5.74) is 1.23. The lowest BCUT2D eigenvalue weighted by atomic mass is 10.2. The Morgan fingerprint density at radius 2 is 1.86 bits per heavy atom. The van der Waals surface area contributed by atoms with Crippen molar-refractivity contribution in [3.63, 3.8) is 0 Å². The Balaban J connectivity index is 1.75. The van der Waals surface area contributed by atoms with Gasteiger partial charge in [-0.2, -0.15) is 0 Å². The minimum absolute atomic E-state index is 0.0316. The van der Waals surface area contributed by atoms with Gasteiger partial charge in [0.15, 0.2) is 0 Å². The van der Waals surface area contributed by atoms with Crippen LogP contribution in [0.2, 0.25) is 0 Å². The fraction of sp³-hybridized carbons (Fsp3) is 0.105. The molecule has 0 spiro atoms. The van der Waals surface area contributed by atoms with E-state index in [-0.39, 0.29) is 21.8 Å². The van der Waals surface area contributed by atoms with Crippen molar-refractivity contribution in [2.24, 2.45) is 0 Å². The predicted octanol–water partition coefficient (Wildman–Crippen LogP) is 3.82. The van der Waals surface area contributed by atoms with Gasteiger partial charge in [-0.15, -0.1) is 0 Å². The molecular formula is C19H15N3O4S2. The first-order chi connectivity index (χ1) is 13.4. The number of thioether (sulfide) groups is 1. The summed E-state index contributed by atoms with van der Waals surface area (Å²) in [5, 5.41) is 13.5. The highest BCUT2D eigenvalue weighted by atomic mass is 32.2. The van der Waals surface area contributed by atoms with Crippen LogP contribution in [0.3, 0.4) is 0 Å². The van der Waals surface area contributed by atoms with E-state index in [2.05, 4.69) is 5.32 Å². The van der Waals surface area contributed by atoms with Crippen molar-refractivity contribution in [1.82, 2.24) is 4.90 Å². The zero-order valence-electron chi connectivity index (χ0n) is 14.7. The third kappa shape index (κ3) is 4.26. The van der Waals surface area contributed by atoms with Crippen molar-refractivity contribution in [1.29, 1.82) is 0 Å². The zero-order chi connectivity index (χ0) is 20.3. The summed E-state index contributed by atoms with van der Waals surface area (Å²) in [6.07, 6.45) is 1.60. The lowest BCUT2D eigenvalue weighted by Gasteiger charge is -2.22. The van der Waals surface area contributed by atoms with Crippen LogP contribution >= 0.6 is 24.0 Å². The second-order valence-electron chi connectivity index (χ2n) is 5.93. The van der Waals surface area contributed by atoms with Gasteiger partial charge in [-0.05, 0) is 42.8 Å². The van der Waals surface area contributed by atoms with E-state index >= 15 is 0 Å². The number of nitro groups is 1. The molecule has 142 valence electrons. The highest BCUT2D eigenvalue weighted by molar-refractivity contribution is 8.26. The van der Waals surface area contributed by atoms with Crippen LogP contribution in [-0.2, 0) is 9.59 Å². The summed E-state index contributed by atoms with van der Waals surface area (Å²) >= 11 is 6.38. The van der Waals surface area contributed by atoms with Crippen LogP contribution in [0, 0.1) is 10.1 Å². The Bertz CT molecular complexity index is 974. The van der Waals surface area contributed by atoms with E-state index in [1.54, 1.807) is 49.4 Å². The number of rotatable bonds is 5. The second-order valence-corrected chi connectivity index (χ2v) is 7.61. The molecule has 1 heterocycles. The Morgan fingerprint density at radius 1 is 1.21 bits per heavy atom. The number of benzene rings is 2. The number of carbonyl (C=O) groups excluding carboxylic acids is 2. The Labute approximate surface area is 170 Å². The lowest BCUT2D eigenvalue weighted by Crippen LogP contribution is -2.44. The molecule has 0 radical (unpaired) electrons. The standard InChI is InChI=1S/C19H15N3O4S2/c1-12(17(23)20-14-5-3-2-4-6-14)21-18(24)16(28-19(21)27)11-13-7-9-15(10-8-13)22(25)26/h2-12H,1H3,(H,20,23)/b16-11-. The molecule has 28 heavy (non-hydrogen) atoms. The molecular weight excluding hydrogens is 398 g/mol. The Hall–Kier alpha value is -3.04. The van der Waals surface area contributed by atoms with Gasteiger partial charge in [0.1, 0.15) is 10.4 Å². The van der Waals surface area contributed by atoms with Gasteiger partial charge in [0.25, 0.3) is 11.6 Å². The molecule has 3 rings (SSSR count). The van der Waals surface area contributed by atoms with Crippen molar-refractivity contribution in [3.8, 4) is 0 Å². The summed E-state index contributed by atoms with van der Waals surface area (Å²) in [6.45, 7) is 1.61. The van der Waals surface area contributed by atoms with E-state index in [1.807, 2.05) is 6.07 Å². The number of para-hydroxylation sites is 1. The van der Waals surface area contributed by atoms with Gasteiger partial charge in [0.2, 0.25) is 5.91 Å². The minimum atomic E-state index is -0.782. The van der Waals surface area contributed by atoms with Gasteiger partial charge in [0.05, 0.1) is 9.83 Å². The predicted molar refractivity (Wildman–Crippen MR) is 113 cm³/mol. The Kier molecular flexibility index (Phi) is 5.86. The third-order valence-corrected chi connectivity index (χ3v) is 5.36. The molecule has 2 aromatic rings. The SMILES string of the molecule is CC(C(=O)Nc1ccccc1)N1C(=O)/C(=C/c2ccc([N+](=O)[O-])cc2)SC1=S. The summed E-state index contributed by atoms with van der Waals surface area (Å²) < 4.78 is 0.286. The van der Waals surface area contributed by atoms with E-state index in [1.165, 1.54) is 17.0 Å². The van der Waals surface area contributed by atoms with Crippen molar-refractivity contribution in [2.75, 3.05) is 5.32 Å². The highest BCUT2D eigenvalue weighted by Crippen LogP contribution is 2.34. The fourth-order valence-electron chi connectivity index (χ4n) is 2.54. The minimum Gasteiger partial charge on any atom is -0.324 e. The molecule has 1 saturated heterocycles. The molecule has 0 saturated carbocycles. The maximum Gasteiger partial charge on any atom is 0.269 e. The highest BCUT2D eigenvalue weighted by Gasteiger charge is 2.38. The summed E-state index contributed by atoms with van der Waals surface area (Å²) in [5.74, 6) is -0.719. The first kappa shape index (κ1) is 19.7. The number of hydrogen-bond acceptors (Lipinski definition) is 6. The molecule has 1 aliphatic rings. The normalized spacial score (nSPS) is 16.3. The molecule has 9 heteroatoms. The monoisotopic (exact) mass is 413 g/mol. The largest absolute Gasteiger partial charge is 0.324 e. The smallest absolute Gasteiger partial charge is 0.269 e. The molecule has 2 aromatic carbocycles. The summed E-state index contributed by atoms with van der Waals surface area (Å²) in [4.78, 5) is 37.1. The van der Waals surface area contributed by atoms with Crippen LogP contribution in [0.1, 0.15) is 12.5 Å². The molecule has 1 atom stereocenters. The van der Waals surface area contributed by atoms with Crippen LogP contribution in [0.5, 0.6) is 0 Å². The first-order valence-electron chi connectivity index (χ1n) is 8.24. The van der Waals surface area contributed by atoms with Crippen molar-refractivity contribution >= 4 is 57.6 Å². The van der Waals surface area contributed by atoms with E-state index in [9.17, 15) is 19.7 Å². The molecule has 2 amide bonds. The van der Waals surface area contributed by atoms with Gasteiger partial charge >= 0.3 is 0 Å². The molecule has 0 bridgehead atoms. The summed E-state index contributed by atoms with van der Waals surface area (Å²) in [6, 6.07) is 14.0. The molecule has 7 nitrogen and oxygen atoms in total. The number of nitro benzene ring substituents is 1. The van der Waals surface area contributed by atoms with Crippen LogP contribution in [0.4, 0.5) is 11.4 Å². The third-order valence-electron chi connectivity index (χ3n) is 4.03. The van der Waals surface area contributed by atoms with Crippen molar-refractivity contribution in [2.45, 2.75) is 13.0 Å². The number of hydrogen-bond donors (Lipinski definition) is 1. The Morgan fingerprint density at radius 3 is 2.46 bits per heavy atom. The molecule has 0 aliphatic carbocycles. The van der Waals surface area contributed by atoms with E-state index < -0.39 is 11.0 Å².